The van der Waals surface area contributed by atoms with E-state index in [-0.39, 0.29) is 0 Å². The molecule has 0 saturated heterocycles. The van der Waals surface area contributed by atoms with Crippen molar-refractivity contribution in [1.82, 2.24) is 10.2 Å². The van der Waals surface area contributed by atoms with Gasteiger partial charge in [-0.25, -0.2) is 0 Å². The molecule has 0 aromatic carbocycles. The summed E-state index contributed by atoms with van der Waals surface area (Å²) < 4.78 is 0. The molecule has 2 rings (SSSR count). The minimum absolute atomic E-state index is 1.13. The van der Waals surface area contributed by atoms with Crippen molar-refractivity contribution in [1.29, 1.82) is 0 Å². The fourth-order valence-corrected chi connectivity index (χ4v) is 3.63. The van der Waals surface area contributed by atoms with Crippen molar-refractivity contribution in [2.75, 3.05) is 0 Å². The van der Waals surface area contributed by atoms with E-state index in [9.17, 15) is 0 Å². The van der Waals surface area contributed by atoms with Gasteiger partial charge in [-0.3, -0.25) is 5.10 Å². The molecule has 0 aliphatic heterocycles. The van der Waals surface area contributed by atoms with E-state index in [1.807, 2.05) is 11.3 Å². The molecule has 1 N–H and O–H groups in total. The van der Waals surface area contributed by atoms with Gasteiger partial charge in [0.15, 0.2) is 0 Å². The summed E-state index contributed by atoms with van der Waals surface area (Å²) in [4.78, 5) is 2.78. The molecule has 0 saturated carbocycles. The zero-order chi connectivity index (χ0) is 13.0. The second kappa shape index (κ2) is 6.37. The van der Waals surface area contributed by atoms with E-state index in [2.05, 4.69) is 31.0 Å². The van der Waals surface area contributed by atoms with Crippen molar-refractivity contribution in [3.05, 3.63) is 15.4 Å². The van der Waals surface area contributed by atoms with Gasteiger partial charge in [0, 0.05) is 15.1 Å². The summed E-state index contributed by atoms with van der Waals surface area (Å²) in [6.07, 6.45) is 9.23. The van der Waals surface area contributed by atoms with Gasteiger partial charge in [0.05, 0.1) is 11.2 Å². The Labute approximate surface area is 114 Å². The number of aromatic amines is 1. The van der Waals surface area contributed by atoms with E-state index < -0.39 is 0 Å². The average Bonchev–Trinajstić information content (AvgIpc) is 2.88. The highest BCUT2D eigenvalue weighted by Crippen LogP contribution is 2.31. The van der Waals surface area contributed by atoms with Crippen LogP contribution >= 0.6 is 11.3 Å². The molecular weight excluding hydrogens is 240 g/mol. The molecule has 0 atom stereocenters. The predicted octanol–water partition coefficient (Wildman–Crippen LogP) is 5.14. The van der Waals surface area contributed by atoms with Gasteiger partial charge >= 0.3 is 0 Å². The number of nitrogens with one attached hydrogen (secondary N) is 1. The molecule has 0 unspecified atom stereocenters. The van der Waals surface area contributed by atoms with Crippen LogP contribution in [0.3, 0.4) is 0 Å². The third-order valence-electron chi connectivity index (χ3n) is 3.62. The Kier molecular flexibility index (Phi) is 4.81. The second-order valence-corrected chi connectivity index (χ2v) is 6.58. The maximum atomic E-state index is 4.49. The molecule has 2 aromatic rings. The molecule has 2 nitrogen and oxygen atoms in total. The van der Waals surface area contributed by atoms with Crippen molar-refractivity contribution in [2.24, 2.45) is 0 Å². The molecule has 0 amide bonds. The van der Waals surface area contributed by atoms with Crippen LogP contribution in [0.2, 0.25) is 0 Å². The number of aromatic nitrogens is 2. The van der Waals surface area contributed by atoms with Crippen LogP contribution < -0.4 is 0 Å². The van der Waals surface area contributed by atoms with E-state index in [1.165, 1.54) is 64.9 Å². The molecule has 3 heteroatoms. The number of unbranched alkanes of at least 4 members (excludes halogenated alkanes) is 5. The quantitative estimate of drug-likeness (QED) is 0.689. The van der Waals surface area contributed by atoms with Crippen LogP contribution in [-0.4, -0.2) is 10.2 Å². The Balaban J connectivity index is 1.88. The van der Waals surface area contributed by atoms with Crippen LogP contribution in [0.25, 0.3) is 10.9 Å². The molecule has 0 spiro atoms. The van der Waals surface area contributed by atoms with Crippen molar-refractivity contribution in [2.45, 2.75) is 65.7 Å². The number of hydrogen-bond acceptors (Lipinski definition) is 2. The second-order valence-electron chi connectivity index (χ2n) is 5.15. The van der Waals surface area contributed by atoms with Gasteiger partial charge in [-0.15, -0.1) is 11.3 Å². The number of thiophene rings is 1. The number of rotatable bonds is 7. The number of nitrogens with zero attached hydrogens (tertiary/aromatic N) is 1. The first-order chi connectivity index (χ1) is 8.74. The summed E-state index contributed by atoms with van der Waals surface area (Å²) >= 11 is 1.88. The highest BCUT2D eigenvalue weighted by molar-refractivity contribution is 7.13. The SMILES string of the molecule is CCCCCCCCc1n[nH]c2c(C)sc(C)c12. The lowest BCUT2D eigenvalue weighted by molar-refractivity contribution is 0.605. The molecule has 0 fully saturated rings. The summed E-state index contributed by atoms with van der Waals surface area (Å²) in [6, 6.07) is 0. The van der Waals surface area contributed by atoms with Crippen LogP contribution in [0.15, 0.2) is 0 Å². The van der Waals surface area contributed by atoms with Crippen LogP contribution in [0.1, 0.15) is 60.9 Å². The average molecular weight is 264 g/mol. The normalized spacial score (nSPS) is 11.5. The third kappa shape index (κ3) is 2.94. The Morgan fingerprint density at radius 2 is 1.72 bits per heavy atom. The zero-order valence-electron chi connectivity index (χ0n) is 11.8. The smallest absolute Gasteiger partial charge is 0.0792 e. The monoisotopic (exact) mass is 264 g/mol. The third-order valence-corrected chi connectivity index (χ3v) is 4.64. The molecule has 2 heterocycles. The number of aryl methyl sites for hydroxylation is 3. The Morgan fingerprint density at radius 1 is 1.00 bits per heavy atom. The van der Waals surface area contributed by atoms with Gasteiger partial charge in [0.1, 0.15) is 0 Å². The zero-order valence-corrected chi connectivity index (χ0v) is 12.6. The van der Waals surface area contributed by atoms with Gasteiger partial charge in [0.2, 0.25) is 0 Å². The van der Waals surface area contributed by atoms with E-state index in [1.54, 1.807) is 0 Å². The van der Waals surface area contributed by atoms with Crippen LogP contribution in [0.5, 0.6) is 0 Å². The van der Waals surface area contributed by atoms with Gasteiger partial charge < -0.3 is 0 Å². The first-order valence-corrected chi connectivity index (χ1v) is 7.98. The summed E-state index contributed by atoms with van der Waals surface area (Å²) in [5, 5.41) is 9.09. The fraction of sp³-hybridized carbons (Fsp3) is 0.667. The topological polar surface area (TPSA) is 28.7 Å². The Hall–Kier alpha value is -0.830. The number of H-pyrrole nitrogens is 1. The molecule has 2 aromatic heterocycles. The first kappa shape index (κ1) is 13.6. The van der Waals surface area contributed by atoms with Gasteiger partial charge in [0.25, 0.3) is 0 Å². The number of hydrogen-bond donors (Lipinski definition) is 1. The minimum Gasteiger partial charge on any atom is -0.276 e. The summed E-state index contributed by atoms with van der Waals surface area (Å²) in [5.74, 6) is 0. The fourth-order valence-electron chi connectivity index (χ4n) is 2.60. The molecular formula is C15H24N2S. The van der Waals surface area contributed by atoms with E-state index in [0.29, 0.717) is 0 Å². The van der Waals surface area contributed by atoms with Crippen molar-refractivity contribution in [3.8, 4) is 0 Å². The molecule has 0 aliphatic rings. The summed E-state index contributed by atoms with van der Waals surface area (Å²) in [5.41, 5.74) is 2.54. The largest absolute Gasteiger partial charge is 0.276 e. The standard InChI is InChI=1S/C15H24N2S/c1-4-5-6-7-8-9-10-13-14-11(2)18-12(3)15(14)17-16-13/h17H,4-10H2,1-3H3. The van der Waals surface area contributed by atoms with Crippen molar-refractivity contribution in [3.63, 3.8) is 0 Å². The predicted molar refractivity (Wildman–Crippen MR) is 80.5 cm³/mol. The Morgan fingerprint density at radius 3 is 2.50 bits per heavy atom. The van der Waals surface area contributed by atoms with Gasteiger partial charge in [-0.1, -0.05) is 39.0 Å². The maximum Gasteiger partial charge on any atom is 0.0792 e. The summed E-state index contributed by atoms with van der Waals surface area (Å²) in [7, 11) is 0. The molecule has 0 radical (unpaired) electrons. The highest BCUT2D eigenvalue weighted by Gasteiger charge is 2.12. The van der Waals surface area contributed by atoms with Gasteiger partial charge in [-0.05, 0) is 26.7 Å². The van der Waals surface area contributed by atoms with Crippen LogP contribution in [-0.2, 0) is 6.42 Å². The van der Waals surface area contributed by atoms with Crippen molar-refractivity contribution >= 4 is 22.2 Å². The van der Waals surface area contributed by atoms with Crippen LogP contribution in [0.4, 0.5) is 0 Å². The van der Waals surface area contributed by atoms with E-state index in [0.717, 1.165) is 6.42 Å². The maximum absolute atomic E-state index is 4.49. The Bertz CT molecular complexity index is 496. The minimum atomic E-state index is 1.13. The molecule has 0 bridgehead atoms. The molecule has 100 valence electrons. The highest BCUT2D eigenvalue weighted by atomic mass is 32.1. The van der Waals surface area contributed by atoms with Crippen molar-refractivity contribution < 1.29 is 0 Å². The molecule has 0 aliphatic carbocycles. The summed E-state index contributed by atoms with van der Waals surface area (Å²) in [6.45, 7) is 6.65. The lowest BCUT2D eigenvalue weighted by atomic mass is 10.1. The van der Waals surface area contributed by atoms with Crippen LogP contribution in [0, 0.1) is 13.8 Å². The lowest BCUT2D eigenvalue weighted by Gasteiger charge is -1.99. The lowest BCUT2D eigenvalue weighted by Crippen LogP contribution is -1.88. The molecule has 18 heavy (non-hydrogen) atoms. The van der Waals surface area contributed by atoms with Gasteiger partial charge in [-0.2, -0.15) is 5.10 Å². The number of fused-ring (bicyclic) bond motifs is 1. The first-order valence-electron chi connectivity index (χ1n) is 7.17. The van der Waals surface area contributed by atoms with E-state index >= 15 is 0 Å². The van der Waals surface area contributed by atoms with E-state index in [4.69, 9.17) is 0 Å².